The molecule has 1 aromatic carbocycles. The van der Waals surface area contributed by atoms with Crippen molar-refractivity contribution in [3.8, 4) is 11.1 Å². The number of hydrogen-bond acceptors (Lipinski definition) is 9. The predicted molar refractivity (Wildman–Crippen MR) is 128 cm³/mol. The van der Waals surface area contributed by atoms with Gasteiger partial charge in [0.25, 0.3) is 0 Å². The molecule has 188 valence electrons. The summed E-state index contributed by atoms with van der Waals surface area (Å²) in [6.45, 7) is 5.21. The molecule has 0 bridgehead atoms. The Morgan fingerprint density at radius 3 is 2.63 bits per heavy atom. The first kappa shape index (κ1) is 25.8. The fourth-order valence-corrected chi connectivity index (χ4v) is 3.23. The second kappa shape index (κ2) is 11.6. The molecule has 0 aliphatic carbocycles. The number of piperidine rings is 1. The molecule has 0 spiro atoms. The van der Waals surface area contributed by atoms with Crippen molar-refractivity contribution in [2.45, 2.75) is 33.3 Å². The Kier molecular flexibility index (Phi) is 8.53. The molecule has 0 radical (unpaired) electrons. The average molecular weight is 488 g/mol. The molecule has 2 heterocycles. The van der Waals surface area contributed by atoms with E-state index in [1.165, 1.54) is 6.07 Å². The Morgan fingerprint density at radius 1 is 1.31 bits per heavy atom. The summed E-state index contributed by atoms with van der Waals surface area (Å²) in [6, 6.07) is 4.73. The molecular weight excluding hydrogens is 457 g/mol. The average Bonchev–Trinajstić information content (AvgIpc) is 2.83. The number of aliphatic hydroxyl groups is 1. The number of aliphatic hydroxyl groups excluding tert-OH is 1. The molecule has 0 atom stereocenters. The first-order valence-electron chi connectivity index (χ1n) is 11.1. The van der Waals surface area contributed by atoms with Gasteiger partial charge in [0, 0.05) is 60.4 Å². The van der Waals surface area contributed by atoms with Gasteiger partial charge in [0.15, 0.2) is 5.96 Å². The smallest absolute Gasteiger partial charge is 0.414 e. The normalized spacial score (nSPS) is 13.8. The summed E-state index contributed by atoms with van der Waals surface area (Å²) < 4.78 is 19.9. The summed E-state index contributed by atoms with van der Waals surface area (Å²) in [5.41, 5.74) is 6.61. The van der Waals surface area contributed by atoms with Crippen molar-refractivity contribution in [2.24, 2.45) is 16.3 Å². The van der Waals surface area contributed by atoms with Gasteiger partial charge in [-0.15, -0.1) is 0 Å². The minimum absolute atomic E-state index is 0.0270. The van der Waals surface area contributed by atoms with Crippen LogP contribution in [-0.2, 0) is 16.2 Å². The van der Waals surface area contributed by atoms with E-state index in [1.807, 2.05) is 24.1 Å². The highest BCUT2D eigenvalue weighted by atomic mass is 19.1. The van der Waals surface area contributed by atoms with Crippen molar-refractivity contribution in [3.05, 3.63) is 42.0 Å². The van der Waals surface area contributed by atoms with Crippen molar-refractivity contribution in [1.29, 1.82) is 5.41 Å². The van der Waals surface area contributed by atoms with Crippen molar-refractivity contribution in [3.63, 3.8) is 0 Å². The van der Waals surface area contributed by atoms with Crippen LogP contribution in [0.15, 0.2) is 35.7 Å². The zero-order valence-electron chi connectivity index (χ0n) is 19.8. The molecular formula is C23H30FN7O4. The lowest BCUT2D eigenvalue weighted by molar-refractivity contribution is 0.0306. The molecule has 1 fully saturated rings. The largest absolute Gasteiger partial charge is 0.444 e. The first-order valence-corrected chi connectivity index (χ1v) is 11.1. The highest BCUT2D eigenvalue weighted by Gasteiger charge is 2.20. The van der Waals surface area contributed by atoms with E-state index in [0.29, 0.717) is 44.0 Å². The third-order valence-corrected chi connectivity index (χ3v) is 5.32. The van der Waals surface area contributed by atoms with Crippen LogP contribution in [0.3, 0.4) is 0 Å². The molecule has 1 aromatic heterocycles. The topological polar surface area (TPSA) is 159 Å². The summed E-state index contributed by atoms with van der Waals surface area (Å²) >= 11 is 0. The number of nitrogens with zero attached hydrogens (tertiary/aromatic N) is 4. The number of nitrogens with two attached hydrogens (primary N) is 1. The van der Waals surface area contributed by atoms with Crippen LogP contribution in [0.2, 0.25) is 0 Å². The van der Waals surface area contributed by atoms with Crippen LogP contribution < -0.4 is 16.0 Å². The van der Waals surface area contributed by atoms with Crippen LogP contribution in [-0.4, -0.2) is 59.1 Å². The highest BCUT2D eigenvalue weighted by Crippen LogP contribution is 2.26. The standard InChI is InChI=1S/C23H30FN7O4/c1-23(2,13-32)14-35-30-17-6-8-31(9-7-17)21-27-10-16(11-28-21)18-5-3-4-15(19(18)24)12-34-22(33)29-20(25)26/h3-5,10-11,32H,6-9,12-14H2,1-2H3,(H4,25,26,29,33). The molecule has 1 saturated heterocycles. The Balaban J connectivity index is 1.59. The zero-order valence-corrected chi connectivity index (χ0v) is 19.8. The number of anilines is 1. The van der Waals surface area contributed by atoms with Crippen LogP contribution in [0.5, 0.6) is 0 Å². The van der Waals surface area contributed by atoms with Crippen LogP contribution in [0, 0.1) is 16.6 Å². The highest BCUT2D eigenvalue weighted by molar-refractivity contribution is 5.90. The summed E-state index contributed by atoms with van der Waals surface area (Å²) in [6.07, 6.45) is 3.58. The number of halogens is 1. The van der Waals surface area contributed by atoms with Crippen molar-refractivity contribution < 1.29 is 23.9 Å². The Hall–Kier alpha value is -3.80. The molecule has 12 heteroatoms. The third-order valence-electron chi connectivity index (χ3n) is 5.32. The molecule has 1 aliphatic rings. The molecule has 2 aromatic rings. The van der Waals surface area contributed by atoms with Gasteiger partial charge < -0.3 is 25.3 Å². The summed E-state index contributed by atoms with van der Waals surface area (Å²) in [4.78, 5) is 27.7. The zero-order chi connectivity index (χ0) is 25.4. The molecule has 11 nitrogen and oxygen atoms in total. The number of benzene rings is 1. The van der Waals surface area contributed by atoms with E-state index < -0.39 is 17.9 Å². The lowest BCUT2D eigenvalue weighted by Gasteiger charge is -2.27. The number of nitrogens with one attached hydrogen (secondary N) is 2. The number of carbonyl (C=O) groups excluding carboxylic acids is 1. The molecule has 0 unspecified atom stereocenters. The molecule has 1 aliphatic heterocycles. The Labute approximate surface area is 202 Å². The molecule has 3 rings (SSSR count). The number of guanidine groups is 1. The number of carbonyl (C=O) groups is 1. The molecule has 0 saturated carbocycles. The number of ether oxygens (including phenoxy) is 1. The number of amides is 1. The van der Waals surface area contributed by atoms with Gasteiger partial charge in [-0.1, -0.05) is 37.2 Å². The SMILES string of the molecule is CC(C)(CO)CON=C1CCN(c2ncc(-c3cccc(COC(=O)NC(=N)N)c3F)cn2)CC1. The second-order valence-electron chi connectivity index (χ2n) is 8.91. The second-order valence-corrected chi connectivity index (χ2v) is 8.91. The van der Waals surface area contributed by atoms with E-state index in [2.05, 4.69) is 15.1 Å². The third kappa shape index (κ3) is 7.34. The Morgan fingerprint density at radius 2 is 2.00 bits per heavy atom. The lowest BCUT2D eigenvalue weighted by Crippen LogP contribution is -2.36. The lowest BCUT2D eigenvalue weighted by atomic mass is 9.97. The van der Waals surface area contributed by atoms with Crippen LogP contribution in [0.25, 0.3) is 11.1 Å². The number of hydrogen-bond donors (Lipinski definition) is 4. The fourth-order valence-electron chi connectivity index (χ4n) is 3.23. The number of alkyl carbamates (subject to hydrolysis) is 1. The van der Waals surface area contributed by atoms with E-state index in [0.717, 1.165) is 5.71 Å². The van der Waals surface area contributed by atoms with Gasteiger partial charge in [-0.3, -0.25) is 10.7 Å². The first-order chi connectivity index (χ1) is 16.7. The van der Waals surface area contributed by atoms with E-state index >= 15 is 0 Å². The number of aromatic nitrogens is 2. The summed E-state index contributed by atoms with van der Waals surface area (Å²) in [7, 11) is 0. The number of rotatable bonds is 8. The summed E-state index contributed by atoms with van der Waals surface area (Å²) in [5.74, 6) is -0.576. The Bertz CT molecular complexity index is 1070. The molecule has 1 amide bonds. The minimum Gasteiger partial charge on any atom is -0.444 e. The van der Waals surface area contributed by atoms with Crippen molar-refractivity contribution in [2.75, 3.05) is 31.2 Å². The van der Waals surface area contributed by atoms with Gasteiger partial charge in [-0.25, -0.2) is 19.2 Å². The van der Waals surface area contributed by atoms with Crippen molar-refractivity contribution in [1.82, 2.24) is 15.3 Å². The molecule has 5 N–H and O–H groups in total. The van der Waals surface area contributed by atoms with Gasteiger partial charge in [0.05, 0.1) is 12.3 Å². The minimum atomic E-state index is -0.940. The van der Waals surface area contributed by atoms with Gasteiger partial charge >= 0.3 is 6.09 Å². The van der Waals surface area contributed by atoms with Gasteiger partial charge in [-0.05, 0) is 0 Å². The fraction of sp³-hybridized carbons (Fsp3) is 0.435. The maximum absolute atomic E-state index is 15.0. The maximum atomic E-state index is 15.0. The van der Waals surface area contributed by atoms with E-state index in [-0.39, 0.29) is 29.8 Å². The monoisotopic (exact) mass is 487 g/mol. The van der Waals surface area contributed by atoms with Crippen LogP contribution >= 0.6 is 0 Å². The van der Waals surface area contributed by atoms with Gasteiger partial charge in [0.2, 0.25) is 5.95 Å². The number of oxime groups is 1. The van der Waals surface area contributed by atoms with Crippen LogP contribution in [0.4, 0.5) is 15.1 Å². The van der Waals surface area contributed by atoms with Crippen molar-refractivity contribution >= 4 is 23.7 Å². The van der Waals surface area contributed by atoms with E-state index in [4.69, 9.17) is 20.7 Å². The van der Waals surface area contributed by atoms with Crippen LogP contribution in [0.1, 0.15) is 32.3 Å². The van der Waals surface area contributed by atoms with Gasteiger partial charge in [-0.2, -0.15) is 0 Å². The predicted octanol–water partition coefficient (Wildman–Crippen LogP) is 2.39. The van der Waals surface area contributed by atoms with E-state index in [1.54, 1.807) is 24.5 Å². The van der Waals surface area contributed by atoms with Gasteiger partial charge in [0.1, 0.15) is 19.0 Å². The maximum Gasteiger partial charge on any atom is 0.414 e. The summed E-state index contributed by atoms with van der Waals surface area (Å²) in [5, 5.41) is 22.5. The molecule has 35 heavy (non-hydrogen) atoms. The quantitative estimate of drug-likeness (QED) is 0.251. The van der Waals surface area contributed by atoms with E-state index in [9.17, 15) is 14.3 Å².